The van der Waals surface area contributed by atoms with Gasteiger partial charge in [-0.25, -0.2) is 0 Å². The van der Waals surface area contributed by atoms with E-state index >= 15 is 0 Å². The van der Waals surface area contributed by atoms with Crippen LogP contribution in [0.5, 0.6) is 5.75 Å². The minimum atomic E-state index is 0.126. The van der Waals surface area contributed by atoms with Gasteiger partial charge in [0.05, 0.1) is 18.2 Å². The number of ether oxygens (including phenoxy) is 1. The number of halogens is 2. The highest BCUT2D eigenvalue weighted by Gasteiger charge is 2.14. The van der Waals surface area contributed by atoms with Crippen LogP contribution in [0.15, 0.2) is 46.9 Å². The highest BCUT2D eigenvalue weighted by Crippen LogP contribution is 2.29. The zero-order valence-electron chi connectivity index (χ0n) is 12.2. The maximum Gasteiger partial charge on any atom is 0.118 e. The van der Waals surface area contributed by atoms with Gasteiger partial charge >= 0.3 is 0 Å². The van der Waals surface area contributed by atoms with Crippen molar-refractivity contribution in [3.63, 3.8) is 0 Å². The molecule has 1 unspecified atom stereocenters. The summed E-state index contributed by atoms with van der Waals surface area (Å²) in [6, 6.07) is 14.3. The topological polar surface area (TPSA) is 21.3 Å². The summed E-state index contributed by atoms with van der Waals surface area (Å²) < 4.78 is 6.14. The molecule has 0 fully saturated rings. The van der Waals surface area contributed by atoms with E-state index in [-0.39, 0.29) is 6.04 Å². The number of rotatable bonds is 6. The second kappa shape index (κ2) is 7.83. The number of benzene rings is 2. The Hall–Kier alpha value is -1.03. The lowest BCUT2D eigenvalue weighted by Crippen LogP contribution is -2.23. The van der Waals surface area contributed by atoms with Gasteiger partial charge in [0, 0.05) is 4.47 Å². The van der Waals surface area contributed by atoms with Crippen molar-refractivity contribution in [3.05, 3.63) is 63.1 Å². The lowest BCUT2D eigenvalue weighted by Gasteiger charge is -2.20. The van der Waals surface area contributed by atoms with Gasteiger partial charge in [-0.3, -0.25) is 0 Å². The van der Waals surface area contributed by atoms with Crippen LogP contribution in [0.25, 0.3) is 0 Å². The average Bonchev–Trinajstić information content (AvgIpc) is 2.51. The molecule has 0 spiro atoms. The number of methoxy groups -OCH3 is 1. The molecule has 0 heterocycles. The molecule has 0 aliphatic heterocycles. The van der Waals surface area contributed by atoms with E-state index in [0.29, 0.717) is 0 Å². The van der Waals surface area contributed by atoms with Crippen LogP contribution in [-0.4, -0.2) is 13.7 Å². The Balaban J connectivity index is 2.33. The Morgan fingerprint density at radius 3 is 2.38 bits per heavy atom. The van der Waals surface area contributed by atoms with Gasteiger partial charge in [-0.1, -0.05) is 36.7 Å². The molecule has 0 amide bonds. The van der Waals surface area contributed by atoms with Crippen molar-refractivity contribution in [3.8, 4) is 5.75 Å². The molecule has 0 saturated heterocycles. The maximum absolute atomic E-state index is 6.23. The van der Waals surface area contributed by atoms with E-state index in [1.54, 1.807) is 7.11 Å². The SMILES string of the molecule is CCCNC(c1ccc(OC)cc1)c1ccc(Br)c(Cl)c1. The molecule has 2 aromatic rings. The minimum Gasteiger partial charge on any atom is -0.497 e. The molecule has 1 atom stereocenters. The molecule has 0 aliphatic rings. The normalized spacial score (nSPS) is 12.2. The van der Waals surface area contributed by atoms with Crippen molar-refractivity contribution >= 4 is 27.5 Å². The molecular weight excluding hydrogens is 350 g/mol. The molecule has 21 heavy (non-hydrogen) atoms. The predicted octanol–water partition coefficient (Wildman–Crippen LogP) is 5.20. The molecular formula is C17H19BrClNO. The van der Waals surface area contributed by atoms with Crippen molar-refractivity contribution in [1.29, 1.82) is 0 Å². The minimum absolute atomic E-state index is 0.126. The van der Waals surface area contributed by atoms with Gasteiger partial charge in [-0.2, -0.15) is 0 Å². The predicted molar refractivity (Wildman–Crippen MR) is 92.3 cm³/mol. The molecule has 0 bridgehead atoms. The molecule has 2 aromatic carbocycles. The average molecular weight is 369 g/mol. The highest BCUT2D eigenvalue weighted by molar-refractivity contribution is 9.10. The van der Waals surface area contributed by atoms with E-state index in [9.17, 15) is 0 Å². The molecule has 2 rings (SSSR count). The molecule has 0 aromatic heterocycles. The Morgan fingerprint density at radius 2 is 1.81 bits per heavy atom. The summed E-state index contributed by atoms with van der Waals surface area (Å²) in [5.74, 6) is 0.863. The highest BCUT2D eigenvalue weighted by atomic mass is 79.9. The Morgan fingerprint density at radius 1 is 1.14 bits per heavy atom. The lowest BCUT2D eigenvalue weighted by atomic mass is 9.98. The summed E-state index contributed by atoms with van der Waals surface area (Å²) in [7, 11) is 1.68. The molecule has 1 N–H and O–H groups in total. The largest absolute Gasteiger partial charge is 0.497 e. The van der Waals surface area contributed by atoms with Gasteiger partial charge < -0.3 is 10.1 Å². The first-order valence-electron chi connectivity index (χ1n) is 6.98. The molecule has 112 valence electrons. The van der Waals surface area contributed by atoms with Gasteiger partial charge in [-0.05, 0) is 64.3 Å². The van der Waals surface area contributed by atoms with Crippen LogP contribution in [-0.2, 0) is 0 Å². The number of nitrogens with one attached hydrogen (secondary N) is 1. The van der Waals surface area contributed by atoms with E-state index in [1.807, 2.05) is 24.3 Å². The first-order chi connectivity index (χ1) is 10.2. The van der Waals surface area contributed by atoms with Gasteiger partial charge in [0.1, 0.15) is 5.75 Å². The summed E-state index contributed by atoms with van der Waals surface area (Å²) in [5, 5.41) is 4.30. The van der Waals surface area contributed by atoms with Crippen LogP contribution < -0.4 is 10.1 Å². The Bertz CT molecular complexity index is 586. The Labute approximate surface area is 139 Å². The third-order valence-electron chi connectivity index (χ3n) is 3.32. The van der Waals surface area contributed by atoms with Gasteiger partial charge in [0.2, 0.25) is 0 Å². The molecule has 2 nitrogen and oxygen atoms in total. The van der Waals surface area contributed by atoms with Crippen LogP contribution in [0, 0.1) is 0 Å². The van der Waals surface area contributed by atoms with Crippen LogP contribution >= 0.6 is 27.5 Å². The fourth-order valence-electron chi connectivity index (χ4n) is 2.21. The summed E-state index contributed by atoms with van der Waals surface area (Å²) in [5.41, 5.74) is 2.35. The summed E-state index contributed by atoms with van der Waals surface area (Å²) >= 11 is 9.67. The van der Waals surface area contributed by atoms with Crippen molar-refractivity contribution in [2.75, 3.05) is 13.7 Å². The zero-order chi connectivity index (χ0) is 15.2. The Kier molecular flexibility index (Phi) is 6.09. The fourth-order valence-corrected chi connectivity index (χ4v) is 2.64. The molecule has 0 radical (unpaired) electrons. The van der Waals surface area contributed by atoms with Crippen molar-refractivity contribution in [1.82, 2.24) is 5.32 Å². The van der Waals surface area contributed by atoms with Crippen molar-refractivity contribution in [2.24, 2.45) is 0 Å². The molecule has 0 saturated carbocycles. The second-order valence-electron chi connectivity index (χ2n) is 4.83. The van der Waals surface area contributed by atoms with E-state index in [0.717, 1.165) is 33.8 Å². The monoisotopic (exact) mass is 367 g/mol. The smallest absolute Gasteiger partial charge is 0.118 e. The first-order valence-corrected chi connectivity index (χ1v) is 8.15. The number of hydrogen-bond acceptors (Lipinski definition) is 2. The van der Waals surface area contributed by atoms with Crippen LogP contribution in [0.3, 0.4) is 0 Å². The van der Waals surface area contributed by atoms with E-state index in [4.69, 9.17) is 16.3 Å². The summed E-state index contributed by atoms with van der Waals surface area (Å²) in [6.45, 7) is 3.11. The summed E-state index contributed by atoms with van der Waals surface area (Å²) in [4.78, 5) is 0. The summed E-state index contributed by atoms with van der Waals surface area (Å²) in [6.07, 6.45) is 1.08. The zero-order valence-corrected chi connectivity index (χ0v) is 14.5. The van der Waals surface area contributed by atoms with Gasteiger partial charge in [0.15, 0.2) is 0 Å². The van der Waals surface area contributed by atoms with E-state index in [1.165, 1.54) is 5.56 Å². The number of hydrogen-bond donors (Lipinski definition) is 1. The fraction of sp³-hybridized carbons (Fsp3) is 0.294. The first kappa shape index (κ1) is 16.3. The van der Waals surface area contributed by atoms with Crippen LogP contribution in [0.1, 0.15) is 30.5 Å². The van der Waals surface area contributed by atoms with Crippen molar-refractivity contribution in [2.45, 2.75) is 19.4 Å². The van der Waals surface area contributed by atoms with E-state index in [2.05, 4.69) is 46.4 Å². The molecule has 4 heteroatoms. The third-order valence-corrected chi connectivity index (χ3v) is 4.56. The van der Waals surface area contributed by atoms with Gasteiger partial charge in [0.25, 0.3) is 0 Å². The van der Waals surface area contributed by atoms with Crippen LogP contribution in [0.4, 0.5) is 0 Å². The van der Waals surface area contributed by atoms with Gasteiger partial charge in [-0.15, -0.1) is 0 Å². The molecule has 0 aliphatic carbocycles. The standard InChI is InChI=1S/C17H19BrClNO/c1-3-10-20-17(12-4-7-14(21-2)8-5-12)13-6-9-15(18)16(19)11-13/h4-9,11,17,20H,3,10H2,1-2H3. The van der Waals surface area contributed by atoms with Crippen LogP contribution in [0.2, 0.25) is 5.02 Å². The maximum atomic E-state index is 6.23. The quantitative estimate of drug-likeness (QED) is 0.756. The van der Waals surface area contributed by atoms with Crippen molar-refractivity contribution < 1.29 is 4.74 Å². The second-order valence-corrected chi connectivity index (χ2v) is 6.10. The van der Waals surface area contributed by atoms with E-state index < -0.39 is 0 Å². The third kappa shape index (κ3) is 4.22. The lowest BCUT2D eigenvalue weighted by molar-refractivity contribution is 0.414.